The van der Waals surface area contributed by atoms with Crippen molar-refractivity contribution in [2.45, 2.75) is 24.7 Å². The standard InChI is InChI=1S/C12H18F2N2O2S/c1-3-8-15-10-6-4-5-7-11(10)19(17,18)16(2)9-12(13)14/h4-7,12,15H,3,8-9H2,1-2H3. The summed E-state index contributed by atoms with van der Waals surface area (Å²) in [4.78, 5) is 0.0200. The monoisotopic (exact) mass is 292 g/mol. The molecule has 1 rings (SSSR count). The van der Waals surface area contributed by atoms with E-state index < -0.39 is 23.0 Å². The van der Waals surface area contributed by atoms with E-state index in [1.807, 2.05) is 6.92 Å². The maximum atomic E-state index is 12.3. The third kappa shape index (κ3) is 4.14. The Hall–Kier alpha value is -1.21. The highest BCUT2D eigenvalue weighted by Crippen LogP contribution is 2.24. The summed E-state index contributed by atoms with van der Waals surface area (Å²) in [5.74, 6) is 0. The fourth-order valence-electron chi connectivity index (χ4n) is 1.56. The Balaban J connectivity index is 3.06. The van der Waals surface area contributed by atoms with Crippen LogP contribution in [0.1, 0.15) is 13.3 Å². The number of hydrogen-bond donors (Lipinski definition) is 1. The zero-order valence-corrected chi connectivity index (χ0v) is 11.8. The molecule has 0 saturated heterocycles. The van der Waals surface area contributed by atoms with Gasteiger partial charge in [-0.3, -0.25) is 0 Å². The number of hydrogen-bond acceptors (Lipinski definition) is 3. The minimum absolute atomic E-state index is 0.0200. The molecule has 7 heteroatoms. The third-order valence-corrected chi connectivity index (χ3v) is 4.42. The molecule has 0 spiro atoms. The molecule has 0 bridgehead atoms. The molecule has 0 aliphatic carbocycles. The molecule has 1 aromatic carbocycles. The van der Waals surface area contributed by atoms with Crippen LogP contribution in [-0.4, -0.2) is 39.3 Å². The average molecular weight is 292 g/mol. The molecule has 1 aromatic rings. The molecule has 0 unspecified atom stereocenters. The molecule has 19 heavy (non-hydrogen) atoms. The lowest BCUT2D eigenvalue weighted by Crippen LogP contribution is -2.31. The van der Waals surface area contributed by atoms with Gasteiger partial charge in [0.05, 0.1) is 12.2 Å². The van der Waals surface area contributed by atoms with Gasteiger partial charge in [-0.15, -0.1) is 0 Å². The SMILES string of the molecule is CCCNc1ccccc1S(=O)(=O)N(C)CC(F)F. The zero-order chi connectivity index (χ0) is 14.5. The number of rotatable bonds is 7. The van der Waals surface area contributed by atoms with E-state index in [9.17, 15) is 17.2 Å². The molecule has 0 radical (unpaired) electrons. The van der Waals surface area contributed by atoms with Gasteiger partial charge in [-0.05, 0) is 18.6 Å². The normalized spacial score (nSPS) is 12.1. The number of anilines is 1. The Kier molecular flexibility index (Phi) is 5.68. The van der Waals surface area contributed by atoms with Crippen molar-refractivity contribution in [3.8, 4) is 0 Å². The molecule has 0 saturated carbocycles. The van der Waals surface area contributed by atoms with Crippen molar-refractivity contribution in [1.82, 2.24) is 4.31 Å². The van der Waals surface area contributed by atoms with Crippen molar-refractivity contribution < 1.29 is 17.2 Å². The van der Waals surface area contributed by atoms with Crippen LogP contribution >= 0.6 is 0 Å². The zero-order valence-electron chi connectivity index (χ0n) is 10.9. The summed E-state index contributed by atoms with van der Waals surface area (Å²) in [6.45, 7) is 1.75. The molecule has 0 atom stereocenters. The second-order valence-corrected chi connectivity index (χ2v) is 6.11. The highest BCUT2D eigenvalue weighted by molar-refractivity contribution is 7.89. The van der Waals surface area contributed by atoms with Crippen molar-refractivity contribution >= 4 is 15.7 Å². The van der Waals surface area contributed by atoms with E-state index in [0.29, 0.717) is 16.5 Å². The van der Waals surface area contributed by atoms with Gasteiger partial charge in [0.15, 0.2) is 0 Å². The topological polar surface area (TPSA) is 49.4 Å². The Bertz CT molecular complexity index is 506. The second kappa shape index (κ2) is 6.81. The largest absolute Gasteiger partial charge is 0.384 e. The first kappa shape index (κ1) is 15.8. The van der Waals surface area contributed by atoms with Gasteiger partial charge >= 0.3 is 0 Å². The molecule has 1 N–H and O–H groups in total. The van der Waals surface area contributed by atoms with E-state index in [2.05, 4.69) is 5.32 Å². The van der Waals surface area contributed by atoms with Crippen LogP contribution in [0.4, 0.5) is 14.5 Å². The number of para-hydroxylation sites is 1. The van der Waals surface area contributed by atoms with Gasteiger partial charge in [-0.1, -0.05) is 19.1 Å². The van der Waals surface area contributed by atoms with Gasteiger partial charge < -0.3 is 5.32 Å². The van der Waals surface area contributed by atoms with E-state index in [-0.39, 0.29) is 4.90 Å². The van der Waals surface area contributed by atoms with Gasteiger partial charge in [0.1, 0.15) is 4.90 Å². The number of nitrogens with one attached hydrogen (secondary N) is 1. The number of sulfonamides is 1. The second-order valence-electron chi connectivity index (χ2n) is 4.10. The lowest BCUT2D eigenvalue weighted by Gasteiger charge is -2.19. The van der Waals surface area contributed by atoms with Crippen LogP contribution in [0.2, 0.25) is 0 Å². The number of benzene rings is 1. The minimum Gasteiger partial charge on any atom is -0.384 e. The molecule has 0 aliphatic rings. The van der Waals surface area contributed by atoms with E-state index in [0.717, 1.165) is 13.5 Å². The molecule has 0 amide bonds. The van der Waals surface area contributed by atoms with Crippen LogP contribution in [0.15, 0.2) is 29.2 Å². The average Bonchev–Trinajstić information content (AvgIpc) is 2.35. The predicted octanol–water partition coefficient (Wildman–Crippen LogP) is 2.39. The van der Waals surface area contributed by atoms with Crippen LogP contribution in [0.25, 0.3) is 0 Å². The summed E-state index contributed by atoms with van der Waals surface area (Å²) in [5.41, 5.74) is 0.436. The summed E-state index contributed by atoms with van der Waals surface area (Å²) in [5, 5.41) is 2.98. The van der Waals surface area contributed by atoms with Crippen molar-refractivity contribution in [2.75, 3.05) is 25.5 Å². The van der Waals surface area contributed by atoms with E-state index in [4.69, 9.17) is 0 Å². The summed E-state index contributed by atoms with van der Waals surface area (Å²) in [7, 11) is -2.75. The van der Waals surface area contributed by atoms with Crippen molar-refractivity contribution in [3.05, 3.63) is 24.3 Å². The summed E-state index contributed by atoms with van der Waals surface area (Å²) in [6, 6.07) is 6.30. The van der Waals surface area contributed by atoms with Gasteiger partial charge in [0, 0.05) is 13.6 Å². The van der Waals surface area contributed by atoms with Gasteiger partial charge in [-0.2, -0.15) is 4.31 Å². The van der Waals surface area contributed by atoms with Crippen molar-refractivity contribution in [1.29, 1.82) is 0 Å². The molecular weight excluding hydrogens is 274 g/mol. The lowest BCUT2D eigenvalue weighted by atomic mass is 10.3. The van der Waals surface area contributed by atoms with E-state index in [1.54, 1.807) is 18.2 Å². The summed E-state index contributed by atoms with van der Waals surface area (Å²) >= 11 is 0. The fourth-order valence-corrected chi connectivity index (χ4v) is 2.87. The van der Waals surface area contributed by atoms with Crippen LogP contribution in [0, 0.1) is 0 Å². The van der Waals surface area contributed by atoms with E-state index in [1.165, 1.54) is 6.07 Å². The molecule has 0 fully saturated rings. The van der Waals surface area contributed by atoms with Gasteiger partial charge in [-0.25, -0.2) is 17.2 Å². The first-order valence-corrected chi connectivity index (χ1v) is 7.41. The quantitative estimate of drug-likeness (QED) is 0.839. The van der Waals surface area contributed by atoms with Crippen LogP contribution < -0.4 is 5.32 Å². The Morgan fingerprint density at radius 2 is 1.95 bits per heavy atom. The highest BCUT2D eigenvalue weighted by Gasteiger charge is 2.25. The molecule has 108 valence electrons. The molecule has 0 aromatic heterocycles. The van der Waals surface area contributed by atoms with Crippen LogP contribution in [0.5, 0.6) is 0 Å². The predicted molar refractivity (Wildman–Crippen MR) is 71.0 cm³/mol. The first-order valence-electron chi connectivity index (χ1n) is 5.97. The first-order chi connectivity index (χ1) is 8.89. The van der Waals surface area contributed by atoms with Crippen molar-refractivity contribution in [2.24, 2.45) is 0 Å². The summed E-state index contributed by atoms with van der Waals surface area (Å²) in [6.07, 6.45) is -1.86. The van der Waals surface area contributed by atoms with E-state index >= 15 is 0 Å². The Morgan fingerprint density at radius 1 is 1.32 bits per heavy atom. The van der Waals surface area contributed by atoms with Crippen molar-refractivity contribution in [3.63, 3.8) is 0 Å². The Morgan fingerprint density at radius 3 is 2.53 bits per heavy atom. The highest BCUT2D eigenvalue weighted by atomic mass is 32.2. The molecule has 0 heterocycles. The smallest absolute Gasteiger partial charge is 0.252 e. The van der Waals surface area contributed by atoms with Crippen LogP contribution in [0.3, 0.4) is 0 Å². The number of nitrogens with zero attached hydrogens (tertiary/aromatic N) is 1. The summed E-state index contributed by atoms with van der Waals surface area (Å²) < 4.78 is 49.7. The maximum Gasteiger partial charge on any atom is 0.252 e. The van der Waals surface area contributed by atoms with Crippen LogP contribution in [-0.2, 0) is 10.0 Å². The lowest BCUT2D eigenvalue weighted by molar-refractivity contribution is 0.126. The molecule has 4 nitrogen and oxygen atoms in total. The molecule has 0 aliphatic heterocycles. The number of alkyl halides is 2. The maximum absolute atomic E-state index is 12.3. The van der Waals surface area contributed by atoms with Gasteiger partial charge in [0.25, 0.3) is 6.43 Å². The third-order valence-electron chi connectivity index (χ3n) is 2.54. The van der Waals surface area contributed by atoms with Gasteiger partial charge in [0.2, 0.25) is 10.0 Å². The molecular formula is C12H18F2N2O2S. The Labute approximate surface area is 112 Å². The number of halogens is 2. The minimum atomic E-state index is -3.90. The fraction of sp³-hybridized carbons (Fsp3) is 0.500.